The van der Waals surface area contributed by atoms with E-state index >= 15 is 0 Å². The molecule has 8 rings (SSSR count). The molecule has 0 spiro atoms. The van der Waals surface area contributed by atoms with Crippen LogP contribution in [0.2, 0.25) is 0 Å². The van der Waals surface area contributed by atoms with E-state index in [9.17, 15) is 5.26 Å². The highest BCUT2D eigenvalue weighted by molar-refractivity contribution is 7.95. The molecule has 0 aliphatic carbocycles. The fourth-order valence-electron chi connectivity index (χ4n) is 8.61. The quantitative estimate of drug-likeness (QED) is 0.0877. The first-order chi connectivity index (χ1) is 32.0. The van der Waals surface area contributed by atoms with E-state index < -0.39 is 14.5 Å². The molecule has 0 radical (unpaired) electrons. The second-order valence-corrected chi connectivity index (χ2v) is 23.3. The van der Waals surface area contributed by atoms with Gasteiger partial charge in [-0.25, -0.2) is 0 Å². The molecule has 8 aromatic carbocycles. The van der Waals surface area contributed by atoms with Crippen molar-refractivity contribution in [2.45, 2.75) is 32.1 Å². The van der Waals surface area contributed by atoms with Crippen LogP contribution in [0.15, 0.2) is 231 Å². The predicted octanol–water partition coefficient (Wildman–Crippen LogP) is 5.65. The highest BCUT2D eigenvalue weighted by Crippen LogP contribution is 2.59. The molecule has 67 heavy (non-hydrogen) atoms. The number of benzene rings is 8. The summed E-state index contributed by atoms with van der Waals surface area (Å²) in [5.41, 5.74) is 3.73. The molecule has 0 heterocycles. The van der Waals surface area contributed by atoms with Crippen molar-refractivity contribution in [1.82, 2.24) is 0 Å². The van der Waals surface area contributed by atoms with Crippen LogP contribution in [-0.2, 0) is 12.3 Å². The largest absolute Gasteiger partial charge is 1.00 e. The lowest BCUT2D eigenvalue weighted by Crippen LogP contribution is -3.00. The third-order valence-electron chi connectivity index (χ3n) is 11.7. The van der Waals surface area contributed by atoms with Gasteiger partial charge in [0.15, 0.2) is 0 Å². The first-order valence-corrected chi connectivity index (χ1v) is 26.3. The van der Waals surface area contributed by atoms with E-state index in [-0.39, 0.29) is 30.7 Å². The lowest BCUT2D eigenvalue weighted by atomic mass is 10.1. The SMILES string of the molecule is CC(C#N)CN(C)c1cccc(C[P+](c2ccccc2)(c2ccccc2)c2ccccc2)c1.N#CCCCOc1cccc(C[P+](c2ccccc2)(c2ccccc2)c2ccccc2)c1.[Cl-].[Cl-]. The zero-order chi connectivity index (χ0) is 45.2. The summed E-state index contributed by atoms with van der Waals surface area (Å²) in [4.78, 5) is 2.19. The zero-order valence-electron chi connectivity index (χ0n) is 38.2. The molecule has 0 amide bonds. The van der Waals surface area contributed by atoms with Crippen LogP contribution < -0.4 is 66.3 Å². The van der Waals surface area contributed by atoms with Crippen molar-refractivity contribution < 1.29 is 29.6 Å². The minimum absolute atomic E-state index is 0. The summed E-state index contributed by atoms with van der Waals surface area (Å²) in [6.45, 7) is 3.25. The maximum Gasteiger partial charge on any atom is 0.119 e. The highest BCUT2D eigenvalue weighted by atomic mass is 35.5. The first-order valence-electron chi connectivity index (χ1n) is 22.3. The van der Waals surface area contributed by atoms with Crippen LogP contribution >= 0.6 is 14.5 Å². The van der Waals surface area contributed by atoms with Crippen LogP contribution in [0.4, 0.5) is 5.69 Å². The molecule has 1 unspecified atom stereocenters. The third kappa shape index (κ3) is 13.0. The number of nitrogens with zero attached hydrogens (tertiary/aromatic N) is 3. The average Bonchev–Trinajstić information content (AvgIpc) is 3.38. The number of nitriles is 2. The summed E-state index contributed by atoms with van der Waals surface area (Å²) in [5, 5.41) is 26.3. The summed E-state index contributed by atoms with van der Waals surface area (Å²) in [6.07, 6.45) is 3.13. The van der Waals surface area contributed by atoms with Gasteiger partial charge in [0, 0.05) is 25.7 Å². The van der Waals surface area contributed by atoms with Crippen molar-refractivity contribution in [3.05, 3.63) is 242 Å². The van der Waals surface area contributed by atoms with E-state index in [1.807, 2.05) is 13.0 Å². The van der Waals surface area contributed by atoms with Gasteiger partial charge in [-0.2, -0.15) is 10.5 Å². The molecule has 4 nitrogen and oxygen atoms in total. The monoisotopic (exact) mass is 955 g/mol. The number of hydrogen-bond acceptors (Lipinski definition) is 4. The van der Waals surface area contributed by atoms with E-state index in [2.05, 4.69) is 249 Å². The van der Waals surface area contributed by atoms with E-state index in [4.69, 9.17) is 10.00 Å². The Morgan fingerprint density at radius 1 is 0.478 bits per heavy atom. The summed E-state index contributed by atoms with van der Waals surface area (Å²) in [6, 6.07) is 87.5. The lowest BCUT2D eigenvalue weighted by Gasteiger charge is -2.28. The number of rotatable bonds is 17. The number of ether oxygens (including phenoxy) is 1. The number of unbranched alkanes of at least 4 members (excludes halogenated alkanes) is 1. The second kappa shape index (κ2) is 26.2. The molecule has 0 aliphatic heterocycles. The average molecular weight is 957 g/mol. The molecule has 0 saturated carbocycles. The van der Waals surface area contributed by atoms with Crippen LogP contribution in [0.25, 0.3) is 0 Å². The van der Waals surface area contributed by atoms with Gasteiger partial charge in [-0.1, -0.05) is 133 Å². The van der Waals surface area contributed by atoms with E-state index in [1.165, 1.54) is 43.0 Å². The van der Waals surface area contributed by atoms with Gasteiger partial charge >= 0.3 is 0 Å². The van der Waals surface area contributed by atoms with Gasteiger partial charge in [-0.15, -0.1) is 0 Å². The van der Waals surface area contributed by atoms with Crippen molar-refractivity contribution in [2.75, 3.05) is 25.1 Å². The molecule has 0 bridgehead atoms. The fraction of sp³-hybridized carbons (Fsp3) is 0.153. The van der Waals surface area contributed by atoms with E-state index in [0.29, 0.717) is 13.0 Å². The molecule has 8 heteroatoms. The van der Waals surface area contributed by atoms with Gasteiger partial charge in [0.25, 0.3) is 0 Å². The van der Waals surface area contributed by atoms with Crippen molar-refractivity contribution >= 4 is 52.0 Å². The normalized spacial score (nSPS) is 11.2. The van der Waals surface area contributed by atoms with Crippen molar-refractivity contribution in [2.24, 2.45) is 5.92 Å². The molecule has 0 saturated heterocycles. The van der Waals surface area contributed by atoms with E-state index in [1.54, 1.807) is 0 Å². The fourth-order valence-corrected chi connectivity index (χ4v) is 17.1. The topological polar surface area (TPSA) is 60.0 Å². The standard InChI is InChI=1S/C30H30N2P.C29H27NOP.2ClH/c1-25(22-31)23-32(2)27-14-12-13-26(21-27)24-33(28-15-6-3-7-16-28,29-17-8-4-9-18-29)30-19-10-5-11-20-30;30-21-10-11-22-31-26-14-12-13-25(23-26)24-32(27-15-4-1-5-16-27,28-17-6-2-7-18-28)29-19-8-3-9-20-29;;/h3-21,25H,23-24H2,1-2H3;1-9,12-20,23H,10-11,22,24H2;2*1H/q2*+1;;/p-2. The van der Waals surface area contributed by atoms with Crippen LogP contribution in [0.3, 0.4) is 0 Å². The Labute approximate surface area is 412 Å². The predicted molar refractivity (Wildman–Crippen MR) is 279 cm³/mol. The van der Waals surface area contributed by atoms with Crippen LogP contribution in [0.5, 0.6) is 5.75 Å². The van der Waals surface area contributed by atoms with Gasteiger partial charge in [0.2, 0.25) is 0 Å². The van der Waals surface area contributed by atoms with Crippen LogP contribution in [0.1, 0.15) is 30.9 Å². The Morgan fingerprint density at radius 3 is 1.19 bits per heavy atom. The molecule has 0 aromatic heterocycles. The summed E-state index contributed by atoms with van der Waals surface area (Å²) >= 11 is 0. The Bertz CT molecular complexity index is 2560. The molecule has 0 fully saturated rings. The van der Waals surface area contributed by atoms with Gasteiger partial charge in [0.1, 0.15) is 52.1 Å². The molecule has 8 aromatic rings. The molecule has 0 aliphatic rings. The Morgan fingerprint density at radius 2 is 0.836 bits per heavy atom. The van der Waals surface area contributed by atoms with Gasteiger partial charge < -0.3 is 34.5 Å². The molecule has 0 N–H and O–H groups in total. The molecular formula is C59H57Cl2N3OP2. The highest BCUT2D eigenvalue weighted by Gasteiger charge is 2.46. The molecular weight excluding hydrogens is 900 g/mol. The molecule has 1 atom stereocenters. The van der Waals surface area contributed by atoms with Crippen LogP contribution in [-0.4, -0.2) is 20.2 Å². The number of halogens is 2. The lowest BCUT2D eigenvalue weighted by molar-refractivity contribution is -0.001000. The molecule has 338 valence electrons. The summed E-state index contributed by atoms with van der Waals surface area (Å²) in [5.74, 6) is 0.857. The summed E-state index contributed by atoms with van der Waals surface area (Å²) < 4.78 is 5.94. The summed E-state index contributed by atoms with van der Waals surface area (Å²) in [7, 11) is -1.79. The van der Waals surface area contributed by atoms with Crippen molar-refractivity contribution in [3.8, 4) is 17.9 Å². The Hall–Kier alpha value is -6.22. The van der Waals surface area contributed by atoms with Crippen molar-refractivity contribution in [3.63, 3.8) is 0 Å². The first kappa shape index (κ1) is 51.8. The zero-order valence-corrected chi connectivity index (χ0v) is 41.5. The van der Waals surface area contributed by atoms with Crippen LogP contribution in [0, 0.1) is 28.6 Å². The van der Waals surface area contributed by atoms with E-state index in [0.717, 1.165) is 36.7 Å². The Balaban J connectivity index is 0.000000244. The van der Waals surface area contributed by atoms with Crippen molar-refractivity contribution in [1.29, 1.82) is 10.5 Å². The second-order valence-electron chi connectivity index (χ2n) is 16.3. The number of hydrogen-bond donors (Lipinski definition) is 0. The Kier molecular flexibility index (Phi) is 20.2. The van der Waals surface area contributed by atoms with Gasteiger partial charge in [-0.3, -0.25) is 0 Å². The van der Waals surface area contributed by atoms with Gasteiger partial charge in [0.05, 0.1) is 37.0 Å². The van der Waals surface area contributed by atoms with Gasteiger partial charge in [-0.05, 0) is 122 Å². The minimum Gasteiger partial charge on any atom is -1.00 e. The maximum absolute atomic E-state index is 9.24. The third-order valence-corrected chi connectivity index (χ3v) is 20.5. The maximum atomic E-state index is 9.24. The smallest absolute Gasteiger partial charge is 0.119 e. The minimum atomic E-state index is -1.93. The number of anilines is 1.